The Kier molecular flexibility index (Phi) is 4.20. The van der Waals surface area contributed by atoms with E-state index < -0.39 is 0 Å². The Hall–Kier alpha value is -3.00. The first kappa shape index (κ1) is 17.1. The predicted molar refractivity (Wildman–Crippen MR) is 106 cm³/mol. The van der Waals surface area contributed by atoms with Gasteiger partial charge in [0.2, 0.25) is 12.7 Å². The number of H-pyrrole nitrogens is 1. The second kappa shape index (κ2) is 6.87. The number of anilines is 2. The fourth-order valence-corrected chi connectivity index (χ4v) is 3.70. The molecule has 0 unspecified atom stereocenters. The Morgan fingerprint density at radius 3 is 2.79 bits per heavy atom. The molecule has 28 heavy (non-hydrogen) atoms. The van der Waals surface area contributed by atoms with E-state index >= 15 is 0 Å². The van der Waals surface area contributed by atoms with E-state index in [1.807, 2.05) is 19.1 Å². The van der Waals surface area contributed by atoms with Crippen LogP contribution in [-0.4, -0.2) is 55.1 Å². The highest BCUT2D eigenvalue weighted by molar-refractivity contribution is 5.89. The molecule has 2 aromatic heterocycles. The largest absolute Gasteiger partial charge is 0.454 e. The third-order valence-corrected chi connectivity index (χ3v) is 5.10. The quantitative estimate of drug-likeness (QED) is 0.744. The van der Waals surface area contributed by atoms with Crippen molar-refractivity contribution >= 4 is 22.8 Å². The first-order chi connectivity index (χ1) is 13.7. The summed E-state index contributed by atoms with van der Waals surface area (Å²) in [6.07, 6.45) is 0. The molecule has 0 radical (unpaired) electrons. The van der Waals surface area contributed by atoms with Gasteiger partial charge in [-0.1, -0.05) is 6.07 Å². The van der Waals surface area contributed by atoms with Crippen LogP contribution in [0.15, 0.2) is 24.3 Å². The molecule has 0 spiro atoms. The van der Waals surface area contributed by atoms with Crippen LogP contribution in [-0.2, 0) is 11.3 Å². The molecule has 1 N–H and O–H groups in total. The standard InChI is InChI=1S/C20H23N5O3/c1-13-9-15-18(21-13)22-20(25-5-7-26-8-6-25)23-19(15)24(2)11-14-3-4-16-17(10-14)28-12-27-16/h3-4,9-10H,5-8,11-12H2,1-2H3,(H,21,22,23). The molecule has 8 nitrogen and oxygen atoms in total. The lowest BCUT2D eigenvalue weighted by Gasteiger charge is -2.28. The lowest BCUT2D eigenvalue weighted by molar-refractivity contribution is 0.122. The number of ether oxygens (including phenoxy) is 3. The summed E-state index contributed by atoms with van der Waals surface area (Å²) in [6.45, 7) is 6.04. The summed E-state index contributed by atoms with van der Waals surface area (Å²) in [6, 6.07) is 8.15. The summed E-state index contributed by atoms with van der Waals surface area (Å²) in [4.78, 5) is 17.4. The molecule has 1 saturated heterocycles. The molecule has 2 aliphatic rings. The van der Waals surface area contributed by atoms with Gasteiger partial charge in [0.1, 0.15) is 11.5 Å². The Bertz CT molecular complexity index is 1010. The van der Waals surface area contributed by atoms with Gasteiger partial charge in [0, 0.05) is 32.4 Å². The van der Waals surface area contributed by atoms with Crippen LogP contribution >= 0.6 is 0 Å². The monoisotopic (exact) mass is 381 g/mol. The highest BCUT2D eigenvalue weighted by Crippen LogP contribution is 2.34. The zero-order valence-electron chi connectivity index (χ0n) is 16.1. The van der Waals surface area contributed by atoms with Crippen LogP contribution in [0.2, 0.25) is 0 Å². The smallest absolute Gasteiger partial charge is 0.231 e. The molecule has 2 aliphatic heterocycles. The maximum absolute atomic E-state index is 5.51. The topological polar surface area (TPSA) is 75.7 Å². The molecule has 0 amide bonds. The van der Waals surface area contributed by atoms with Crippen LogP contribution in [0.4, 0.5) is 11.8 Å². The summed E-state index contributed by atoms with van der Waals surface area (Å²) < 4.78 is 16.4. The lowest BCUT2D eigenvalue weighted by atomic mass is 10.2. The minimum absolute atomic E-state index is 0.284. The van der Waals surface area contributed by atoms with Gasteiger partial charge in [0.15, 0.2) is 11.5 Å². The summed E-state index contributed by atoms with van der Waals surface area (Å²) in [5, 5.41) is 1.03. The number of hydrogen-bond acceptors (Lipinski definition) is 7. The maximum Gasteiger partial charge on any atom is 0.231 e. The molecular weight excluding hydrogens is 358 g/mol. The van der Waals surface area contributed by atoms with E-state index in [9.17, 15) is 0 Å². The Labute approximate surface area is 163 Å². The lowest BCUT2D eigenvalue weighted by Crippen LogP contribution is -2.37. The van der Waals surface area contributed by atoms with Crippen molar-refractivity contribution in [3.05, 3.63) is 35.5 Å². The number of benzene rings is 1. The number of rotatable bonds is 4. The Balaban J connectivity index is 1.49. The average molecular weight is 381 g/mol. The molecule has 0 saturated carbocycles. The fraction of sp³-hybridized carbons (Fsp3) is 0.400. The molecule has 3 aromatic rings. The number of aryl methyl sites for hydroxylation is 1. The first-order valence-electron chi connectivity index (χ1n) is 9.47. The van der Waals surface area contributed by atoms with E-state index in [0.717, 1.165) is 58.6 Å². The van der Waals surface area contributed by atoms with Gasteiger partial charge in [0.25, 0.3) is 0 Å². The van der Waals surface area contributed by atoms with E-state index in [4.69, 9.17) is 24.2 Å². The second-order valence-electron chi connectivity index (χ2n) is 7.20. The summed E-state index contributed by atoms with van der Waals surface area (Å²) >= 11 is 0. The van der Waals surface area contributed by atoms with Crippen LogP contribution in [0.5, 0.6) is 11.5 Å². The van der Waals surface area contributed by atoms with E-state index in [2.05, 4.69) is 34.0 Å². The van der Waals surface area contributed by atoms with Gasteiger partial charge in [0.05, 0.1) is 18.6 Å². The average Bonchev–Trinajstić information content (AvgIpc) is 3.32. The fourth-order valence-electron chi connectivity index (χ4n) is 3.70. The van der Waals surface area contributed by atoms with Gasteiger partial charge < -0.3 is 29.0 Å². The minimum atomic E-state index is 0.284. The van der Waals surface area contributed by atoms with Crippen molar-refractivity contribution in [3.8, 4) is 11.5 Å². The van der Waals surface area contributed by atoms with Crippen LogP contribution in [0, 0.1) is 6.92 Å². The molecule has 0 aliphatic carbocycles. The number of aromatic amines is 1. The van der Waals surface area contributed by atoms with E-state index in [-0.39, 0.29) is 6.79 Å². The van der Waals surface area contributed by atoms with Crippen molar-refractivity contribution in [1.29, 1.82) is 0 Å². The van der Waals surface area contributed by atoms with Crippen LogP contribution < -0.4 is 19.3 Å². The molecule has 4 heterocycles. The highest BCUT2D eigenvalue weighted by atomic mass is 16.7. The van der Waals surface area contributed by atoms with Crippen molar-refractivity contribution in [3.63, 3.8) is 0 Å². The Morgan fingerprint density at radius 1 is 1.11 bits per heavy atom. The predicted octanol–water partition coefficient (Wildman–Crippen LogP) is 2.47. The summed E-state index contributed by atoms with van der Waals surface area (Å²) in [5.41, 5.74) is 3.07. The normalized spacial score (nSPS) is 16.0. The van der Waals surface area contributed by atoms with E-state index in [1.54, 1.807) is 0 Å². The minimum Gasteiger partial charge on any atom is -0.454 e. The third-order valence-electron chi connectivity index (χ3n) is 5.10. The summed E-state index contributed by atoms with van der Waals surface area (Å²) in [5.74, 6) is 3.25. The number of nitrogens with zero attached hydrogens (tertiary/aromatic N) is 4. The highest BCUT2D eigenvalue weighted by Gasteiger charge is 2.20. The SMILES string of the molecule is Cc1cc2c(N(C)Cc3ccc4c(c3)OCO4)nc(N3CCOCC3)nc2[nH]1. The van der Waals surface area contributed by atoms with Crippen molar-refractivity contribution in [2.45, 2.75) is 13.5 Å². The number of fused-ring (bicyclic) bond motifs is 2. The maximum atomic E-state index is 5.51. The molecular formula is C20H23N5O3. The molecule has 8 heteroatoms. The Morgan fingerprint density at radius 2 is 1.93 bits per heavy atom. The molecule has 0 bridgehead atoms. The zero-order chi connectivity index (χ0) is 19.1. The van der Waals surface area contributed by atoms with Gasteiger partial charge in [-0.2, -0.15) is 9.97 Å². The first-order valence-corrected chi connectivity index (χ1v) is 9.47. The van der Waals surface area contributed by atoms with Crippen LogP contribution in [0.3, 0.4) is 0 Å². The van der Waals surface area contributed by atoms with Crippen molar-refractivity contribution in [2.75, 3.05) is 49.9 Å². The van der Waals surface area contributed by atoms with Crippen LogP contribution in [0.1, 0.15) is 11.3 Å². The van der Waals surface area contributed by atoms with Gasteiger partial charge in [-0.15, -0.1) is 0 Å². The van der Waals surface area contributed by atoms with E-state index in [0.29, 0.717) is 19.8 Å². The molecule has 0 atom stereocenters. The summed E-state index contributed by atoms with van der Waals surface area (Å²) in [7, 11) is 2.05. The van der Waals surface area contributed by atoms with Gasteiger partial charge >= 0.3 is 0 Å². The molecule has 5 rings (SSSR count). The van der Waals surface area contributed by atoms with Gasteiger partial charge in [-0.3, -0.25) is 0 Å². The molecule has 146 valence electrons. The second-order valence-corrected chi connectivity index (χ2v) is 7.20. The van der Waals surface area contributed by atoms with Gasteiger partial charge in [-0.25, -0.2) is 0 Å². The molecule has 1 fully saturated rings. The number of aromatic nitrogens is 3. The van der Waals surface area contributed by atoms with Crippen LogP contribution in [0.25, 0.3) is 11.0 Å². The zero-order valence-corrected chi connectivity index (χ0v) is 16.1. The van der Waals surface area contributed by atoms with Crippen molar-refractivity contribution < 1.29 is 14.2 Å². The van der Waals surface area contributed by atoms with Crippen molar-refractivity contribution in [2.24, 2.45) is 0 Å². The van der Waals surface area contributed by atoms with E-state index in [1.165, 1.54) is 0 Å². The number of morpholine rings is 1. The number of nitrogens with one attached hydrogen (secondary N) is 1. The number of hydrogen-bond donors (Lipinski definition) is 1. The van der Waals surface area contributed by atoms with Crippen molar-refractivity contribution in [1.82, 2.24) is 15.0 Å². The molecule has 1 aromatic carbocycles. The third kappa shape index (κ3) is 3.09. The van der Waals surface area contributed by atoms with Gasteiger partial charge in [-0.05, 0) is 30.7 Å².